The number of ether oxygens (including phenoxy) is 1. The van der Waals surface area contributed by atoms with E-state index in [0.29, 0.717) is 6.04 Å². The van der Waals surface area contributed by atoms with Crippen LogP contribution in [0.5, 0.6) is 0 Å². The molecule has 0 saturated carbocycles. The molecule has 0 amide bonds. The van der Waals surface area contributed by atoms with Crippen molar-refractivity contribution in [3.63, 3.8) is 0 Å². The fourth-order valence-corrected chi connectivity index (χ4v) is 2.65. The zero-order chi connectivity index (χ0) is 12.5. The van der Waals surface area contributed by atoms with Crippen molar-refractivity contribution in [2.45, 2.75) is 44.9 Å². The van der Waals surface area contributed by atoms with Gasteiger partial charge < -0.3 is 10.1 Å². The van der Waals surface area contributed by atoms with Gasteiger partial charge in [0.1, 0.15) is 0 Å². The molecule has 2 rings (SSSR count). The second-order valence-corrected chi connectivity index (χ2v) is 6.33. The first kappa shape index (κ1) is 13.1. The molecule has 2 unspecified atom stereocenters. The Hall–Kier alpha value is -0.380. The average molecular weight is 298 g/mol. The summed E-state index contributed by atoms with van der Waals surface area (Å²) in [4.78, 5) is 0. The van der Waals surface area contributed by atoms with Gasteiger partial charge in [-0.15, -0.1) is 0 Å². The Morgan fingerprint density at radius 1 is 1.29 bits per heavy atom. The summed E-state index contributed by atoms with van der Waals surface area (Å²) in [6.07, 6.45) is 1.19. The zero-order valence-electron chi connectivity index (χ0n) is 10.7. The highest BCUT2D eigenvalue weighted by Crippen LogP contribution is 2.28. The SMILES string of the molecule is CC1NC(C)(C)CCOC1c1ccc(Br)cc1. The molecule has 2 nitrogen and oxygen atoms in total. The lowest BCUT2D eigenvalue weighted by Crippen LogP contribution is -2.45. The summed E-state index contributed by atoms with van der Waals surface area (Å²) in [5.74, 6) is 0. The third kappa shape index (κ3) is 3.30. The van der Waals surface area contributed by atoms with Crippen LogP contribution in [0, 0.1) is 0 Å². The number of hydrogen-bond donors (Lipinski definition) is 1. The van der Waals surface area contributed by atoms with Crippen LogP contribution in [0.1, 0.15) is 38.9 Å². The summed E-state index contributed by atoms with van der Waals surface area (Å²) in [6, 6.07) is 8.73. The minimum atomic E-state index is 0.143. The van der Waals surface area contributed by atoms with Crippen molar-refractivity contribution in [2.24, 2.45) is 0 Å². The summed E-state index contributed by atoms with van der Waals surface area (Å²) in [5.41, 5.74) is 1.40. The largest absolute Gasteiger partial charge is 0.372 e. The van der Waals surface area contributed by atoms with Gasteiger partial charge in [-0.1, -0.05) is 28.1 Å². The van der Waals surface area contributed by atoms with Gasteiger partial charge in [-0.3, -0.25) is 0 Å². The van der Waals surface area contributed by atoms with Crippen molar-refractivity contribution in [2.75, 3.05) is 6.61 Å². The summed E-state index contributed by atoms with van der Waals surface area (Å²) in [6.45, 7) is 7.47. The van der Waals surface area contributed by atoms with Gasteiger partial charge in [0, 0.05) is 22.7 Å². The van der Waals surface area contributed by atoms with E-state index in [0.717, 1.165) is 17.5 Å². The Bertz CT molecular complexity index is 374. The lowest BCUT2D eigenvalue weighted by molar-refractivity contribution is 0.0460. The van der Waals surface area contributed by atoms with Crippen LogP contribution in [-0.4, -0.2) is 18.2 Å². The molecule has 1 aliphatic heterocycles. The summed E-state index contributed by atoms with van der Waals surface area (Å²) in [7, 11) is 0. The summed E-state index contributed by atoms with van der Waals surface area (Å²) in [5, 5.41) is 3.64. The molecule has 1 heterocycles. The van der Waals surface area contributed by atoms with E-state index >= 15 is 0 Å². The first-order valence-electron chi connectivity index (χ1n) is 6.13. The quantitative estimate of drug-likeness (QED) is 0.854. The standard InChI is InChI=1S/C14H20BrNO/c1-10-13(11-4-6-12(15)7-5-11)17-9-8-14(2,3)16-10/h4-7,10,13,16H,8-9H2,1-3H3. The highest BCUT2D eigenvalue weighted by atomic mass is 79.9. The maximum absolute atomic E-state index is 6.00. The van der Waals surface area contributed by atoms with E-state index in [2.05, 4.69) is 66.3 Å². The maximum Gasteiger partial charge on any atom is 0.0975 e. The van der Waals surface area contributed by atoms with E-state index in [4.69, 9.17) is 4.74 Å². The minimum absolute atomic E-state index is 0.143. The molecule has 1 aliphatic rings. The van der Waals surface area contributed by atoms with Crippen molar-refractivity contribution in [3.05, 3.63) is 34.3 Å². The normalized spacial score (nSPS) is 28.7. The van der Waals surface area contributed by atoms with Crippen molar-refractivity contribution >= 4 is 15.9 Å². The molecule has 0 bridgehead atoms. The molecule has 2 atom stereocenters. The van der Waals surface area contributed by atoms with Gasteiger partial charge in [-0.25, -0.2) is 0 Å². The van der Waals surface area contributed by atoms with Gasteiger partial charge >= 0.3 is 0 Å². The number of hydrogen-bond acceptors (Lipinski definition) is 2. The number of halogens is 1. The molecule has 94 valence electrons. The molecule has 1 saturated heterocycles. The predicted octanol–water partition coefficient (Wildman–Crippen LogP) is 3.67. The number of rotatable bonds is 1. The monoisotopic (exact) mass is 297 g/mol. The van der Waals surface area contributed by atoms with E-state index in [1.807, 2.05) is 0 Å². The molecule has 0 aromatic heterocycles. The Morgan fingerprint density at radius 3 is 2.59 bits per heavy atom. The average Bonchev–Trinajstić information content (AvgIpc) is 2.37. The van der Waals surface area contributed by atoms with Gasteiger partial charge in [0.25, 0.3) is 0 Å². The zero-order valence-corrected chi connectivity index (χ0v) is 12.3. The van der Waals surface area contributed by atoms with E-state index in [1.165, 1.54) is 5.56 Å². The van der Waals surface area contributed by atoms with Crippen molar-refractivity contribution < 1.29 is 4.74 Å². The Morgan fingerprint density at radius 2 is 1.94 bits per heavy atom. The Labute approximate surface area is 112 Å². The fraction of sp³-hybridized carbons (Fsp3) is 0.571. The van der Waals surface area contributed by atoms with Crippen LogP contribution < -0.4 is 5.32 Å². The van der Waals surface area contributed by atoms with Gasteiger partial charge in [-0.2, -0.15) is 0 Å². The van der Waals surface area contributed by atoms with Crippen LogP contribution in [0.4, 0.5) is 0 Å². The summed E-state index contributed by atoms with van der Waals surface area (Å²) >= 11 is 3.46. The molecule has 1 fully saturated rings. The van der Waals surface area contributed by atoms with Crippen molar-refractivity contribution in [3.8, 4) is 0 Å². The lowest BCUT2D eigenvalue weighted by atomic mass is 9.98. The smallest absolute Gasteiger partial charge is 0.0975 e. The maximum atomic E-state index is 6.00. The van der Waals surface area contributed by atoms with Gasteiger partial charge in [0.2, 0.25) is 0 Å². The van der Waals surface area contributed by atoms with E-state index in [-0.39, 0.29) is 11.6 Å². The molecule has 0 spiro atoms. The van der Waals surface area contributed by atoms with Crippen LogP contribution in [0.3, 0.4) is 0 Å². The molecule has 3 heteroatoms. The molecule has 17 heavy (non-hydrogen) atoms. The number of benzene rings is 1. The van der Waals surface area contributed by atoms with Gasteiger partial charge in [-0.05, 0) is 44.9 Å². The Kier molecular flexibility index (Phi) is 3.91. The molecular weight excluding hydrogens is 278 g/mol. The second kappa shape index (κ2) is 5.09. The van der Waals surface area contributed by atoms with Crippen molar-refractivity contribution in [1.29, 1.82) is 0 Å². The third-order valence-corrected chi connectivity index (χ3v) is 3.82. The first-order chi connectivity index (χ1) is 7.98. The van der Waals surface area contributed by atoms with Crippen LogP contribution in [0.25, 0.3) is 0 Å². The Balaban J connectivity index is 2.18. The summed E-state index contributed by atoms with van der Waals surface area (Å²) < 4.78 is 7.11. The molecular formula is C14H20BrNO. The highest BCUT2D eigenvalue weighted by Gasteiger charge is 2.30. The number of nitrogens with one attached hydrogen (secondary N) is 1. The van der Waals surface area contributed by atoms with E-state index in [1.54, 1.807) is 0 Å². The first-order valence-corrected chi connectivity index (χ1v) is 6.92. The molecule has 1 aromatic rings. The lowest BCUT2D eigenvalue weighted by Gasteiger charge is -2.29. The van der Waals surface area contributed by atoms with Crippen LogP contribution in [-0.2, 0) is 4.74 Å². The minimum Gasteiger partial charge on any atom is -0.372 e. The van der Waals surface area contributed by atoms with Gasteiger partial charge in [0.15, 0.2) is 0 Å². The van der Waals surface area contributed by atoms with Gasteiger partial charge in [0.05, 0.1) is 6.10 Å². The predicted molar refractivity (Wildman–Crippen MR) is 74.1 cm³/mol. The fourth-order valence-electron chi connectivity index (χ4n) is 2.39. The second-order valence-electron chi connectivity index (χ2n) is 5.41. The topological polar surface area (TPSA) is 21.3 Å². The highest BCUT2D eigenvalue weighted by molar-refractivity contribution is 9.10. The molecule has 0 radical (unpaired) electrons. The van der Waals surface area contributed by atoms with E-state index in [9.17, 15) is 0 Å². The third-order valence-electron chi connectivity index (χ3n) is 3.30. The van der Waals surface area contributed by atoms with Crippen LogP contribution in [0.15, 0.2) is 28.7 Å². The molecule has 1 aromatic carbocycles. The van der Waals surface area contributed by atoms with Crippen molar-refractivity contribution in [1.82, 2.24) is 5.32 Å². The van der Waals surface area contributed by atoms with E-state index < -0.39 is 0 Å². The van der Waals surface area contributed by atoms with Crippen LogP contribution >= 0.6 is 15.9 Å². The molecule has 0 aliphatic carbocycles. The van der Waals surface area contributed by atoms with Crippen LogP contribution in [0.2, 0.25) is 0 Å². The molecule has 1 N–H and O–H groups in total.